The molecule has 0 unspecified atom stereocenters. The van der Waals surface area contributed by atoms with E-state index in [-0.39, 0.29) is 0 Å². The molecule has 0 spiro atoms. The number of aryl methyl sites for hydroxylation is 2. The van der Waals surface area contributed by atoms with Crippen LogP contribution < -0.4 is 5.73 Å². The number of nitrogen functional groups attached to an aromatic ring is 1. The van der Waals surface area contributed by atoms with Crippen molar-refractivity contribution < 1.29 is 0 Å². The third kappa shape index (κ3) is 1.70. The van der Waals surface area contributed by atoms with Gasteiger partial charge in [-0.05, 0) is 24.0 Å². The Labute approximate surface area is 67.5 Å². The van der Waals surface area contributed by atoms with Crippen LogP contribution in [0.5, 0.6) is 0 Å². The van der Waals surface area contributed by atoms with Crippen molar-refractivity contribution in [3.8, 4) is 0 Å². The van der Waals surface area contributed by atoms with Crippen LogP contribution in [0.4, 0.5) is 5.82 Å². The molecule has 0 aliphatic rings. The molecule has 2 N–H and O–H groups in total. The molecule has 60 valence electrons. The molecule has 2 nitrogen and oxygen atoms in total. The summed E-state index contributed by atoms with van der Waals surface area (Å²) in [5, 5.41) is 0. The monoisotopic (exact) mass is 150 g/mol. The van der Waals surface area contributed by atoms with Crippen molar-refractivity contribution in [3.05, 3.63) is 23.4 Å². The zero-order valence-electron chi connectivity index (χ0n) is 7.09. The minimum atomic E-state index is 0.671. The lowest BCUT2D eigenvalue weighted by molar-refractivity contribution is 1.05. The first kappa shape index (κ1) is 8.05. The van der Waals surface area contributed by atoms with Gasteiger partial charge in [0.15, 0.2) is 0 Å². The molecule has 0 atom stereocenters. The van der Waals surface area contributed by atoms with Gasteiger partial charge in [0.05, 0.1) is 0 Å². The number of aromatic nitrogens is 1. The molecule has 0 saturated carbocycles. The van der Waals surface area contributed by atoms with E-state index in [1.54, 1.807) is 0 Å². The fraction of sp³-hybridized carbons (Fsp3) is 0.444. The molecular formula is C9H14N2. The Kier molecular flexibility index (Phi) is 2.47. The average Bonchev–Trinajstić information content (AvgIpc) is 2.05. The number of anilines is 1. The molecule has 0 fully saturated rings. The fourth-order valence-corrected chi connectivity index (χ4v) is 1.05. The highest BCUT2D eigenvalue weighted by Gasteiger charge is 1.97. The first-order chi connectivity index (χ1) is 5.27. The van der Waals surface area contributed by atoms with Crippen LogP contribution in [0.2, 0.25) is 0 Å². The highest BCUT2D eigenvalue weighted by Crippen LogP contribution is 2.11. The van der Waals surface area contributed by atoms with Crippen molar-refractivity contribution in [1.29, 1.82) is 0 Å². The smallest absolute Gasteiger partial charge is 0.126 e. The van der Waals surface area contributed by atoms with Gasteiger partial charge in [-0.15, -0.1) is 0 Å². The van der Waals surface area contributed by atoms with Gasteiger partial charge in [0.1, 0.15) is 5.82 Å². The second kappa shape index (κ2) is 3.37. The fourth-order valence-electron chi connectivity index (χ4n) is 1.05. The molecule has 11 heavy (non-hydrogen) atoms. The van der Waals surface area contributed by atoms with E-state index in [0.29, 0.717) is 5.82 Å². The Balaban J connectivity index is 3.02. The normalized spacial score (nSPS) is 10.0. The summed E-state index contributed by atoms with van der Waals surface area (Å²) in [6.45, 7) is 4.21. The maximum atomic E-state index is 5.64. The number of pyridine rings is 1. The lowest BCUT2D eigenvalue weighted by atomic mass is 10.1. The van der Waals surface area contributed by atoms with Crippen LogP contribution in [0.15, 0.2) is 12.3 Å². The highest BCUT2D eigenvalue weighted by molar-refractivity contribution is 5.40. The van der Waals surface area contributed by atoms with Gasteiger partial charge in [-0.25, -0.2) is 4.98 Å². The summed E-state index contributed by atoms with van der Waals surface area (Å²) in [5.41, 5.74) is 8.06. The van der Waals surface area contributed by atoms with Crippen LogP contribution in [0.25, 0.3) is 0 Å². The summed E-state index contributed by atoms with van der Waals surface area (Å²) in [6.07, 6.45) is 3.83. The third-order valence-corrected chi connectivity index (χ3v) is 1.85. The minimum Gasteiger partial charge on any atom is -0.383 e. The van der Waals surface area contributed by atoms with Crippen LogP contribution in [0, 0.1) is 0 Å². The number of hydrogen-bond donors (Lipinski definition) is 1. The molecule has 0 aromatic carbocycles. The van der Waals surface area contributed by atoms with E-state index < -0.39 is 0 Å². The van der Waals surface area contributed by atoms with Crippen molar-refractivity contribution in [3.63, 3.8) is 0 Å². The van der Waals surface area contributed by atoms with Crippen molar-refractivity contribution >= 4 is 5.82 Å². The van der Waals surface area contributed by atoms with E-state index in [0.717, 1.165) is 18.4 Å². The van der Waals surface area contributed by atoms with E-state index in [1.807, 2.05) is 6.20 Å². The lowest BCUT2D eigenvalue weighted by Gasteiger charge is -2.02. The summed E-state index contributed by atoms with van der Waals surface area (Å²) >= 11 is 0. The van der Waals surface area contributed by atoms with Crippen molar-refractivity contribution in [2.45, 2.75) is 26.7 Å². The molecule has 1 heterocycles. The standard InChI is InChI=1S/C9H14N2/c1-3-7-5-8(4-2)9(10)11-6-7/h5-6H,3-4H2,1-2H3,(H2,10,11). The Bertz CT molecular complexity index is 243. The zero-order chi connectivity index (χ0) is 8.27. The second-order valence-electron chi connectivity index (χ2n) is 2.60. The number of nitrogens with two attached hydrogens (primary N) is 1. The first-order valence-electron chi connectivity index (χ1n) is 4.01. The molecule has 0 saturated heterocycles. The summed E-state index contributed by atoms with van der Waals surface area (Å²) in [5.74, 6) is 0.671. The first-order valence-corrected chi connectivity index (χ1v) is 4.01. The van der Waals surface area contributed by atoms with Gasteiger partial charge in [0.25, 0.3) is 0 Å². The molecule has 1 aromatic heterocycles. The van der Waals surface area contributed by atoms with E-state index in [1.165, 1.54) is 5.56 Å². The third-order valence-electron chi connectivity index (χ3n) is 1.85. The zero-order valence-corrected chi connectivity index (χ0v) is 7.09. The average molecular weight is 150 g/mol. The Morgan fingerprint density at radius 3 is 2.64 bits per heavy atom. The van der Waals surface area contributed by atoms with Gasteiger partial charge in [0.2, 0.25) is 0 Å². The maximum absolute atomic E-state index is 5.64. The molecule has 0 aliphatic heterocycles. The molecule has 2 heteroatoms. The van der Waals surface area contributed by atoms with Crippen LogP contribution in [0.1, 0.15) is 25.0 Å². The second-order valence-corrected chi connectivity index (χ2v) is 2.60. The van der Waals surface area contributed by atoms with Gasteiger partial charge < -0.3 is 5.73 Å². The molecule has 0 bridgehead atoms. The number of nitrogens with zero attached hydrogens (tertiary/aromatic N) is 1. The summed E-state index contributed by atoms with van der Waals surface area (Å²) in [4.78, 5) is 4.10. The molecule has 0 amide bonds. The van der Waals surface area contributed by atoms with Crippen molar-refractivity contribution in [2.75, 3.05) is 5.73 Å². The van der Waals surface area contributed by atoms with Gasteiger partial charge in [0, 0.05) is 6.20 Å². The Hall–Kier alpha value is -1.05. The van der Waals surface area contributed by atoms with Gasteiger partial charge in [-0.1, -0.05) is 19.9 Å². The maximum Gasteiger partial charge on any atom is 0.126 e. The van der Waals surface area contributed by atoms with Crippen molar-refractivity contribution in [1.82, 2.24) is 4.98 Å². The summed E-state index contributed by atoms with van der Waals surface area (Å²) in [6, 6.07) is 2.13. The summed E-state index contributed by atoms with van der Waals surface area (Å²) < 4.78 is 0. The van der Waals surface area contributed by atoms with Crippen LogP contribution in [0.3, 0.4) is 0 Å². The molecule has 1 rings (SSSR count). The van der Waals surface area contributed by atoms with E-state index in [4.69, 9.17) is 5.73 Å². The Morgan fingerprint density at radius 2 is 2.09 bits per heavy atom. The predicted molar refractivity (Wildman–Crippen MR) is 47.4 cm³/mol. The molecule has 0 radical (unpaired) electrons. The van der Waals surface area contributed by atoms with E-state index in [9.17, 15) is 0 Å². The van der Waals surface area contributed by atoms with Crippen molar-refractivity contribution in [2.24, 2.45) is 0 Å². The lowest BCUT2D eigenvalue weighted by Crippen LogP contribution is -1.97. The van der Waals surface area contributed by atoms with Crippen LogP contribution in [-0.2, 0) is 12.8 Å². The molecule has 0 aliphatic carbocycles. The van der Waals surface area contributed by atoms with E-state index >= 15 is 0 Å². The van der Waals surface area contributed by atoms with E-state index in [2.05, 4.69) is 24.9 Å². The number of hydrogen-bond acceptors (Lipinski definition) is 2. The Morgan fingerprint density at radius 1 is 1.36 bits per heavy atom. The van der Waals surface area contributed by atoms with Crippen LogP contribution >= 0.6 is 0 Å². The highest BCUT2D eigenvalue weighted by atomic mass is 14.8. The topological polar surface area (TPSA) is 38.9 Å². The van der Waals surface area contributed by atoms with Gasteiger partial charge in [-0.2, -0.15) is 0 Å². The number of rotatable bonds is 2. The quantitative estimate of drug-likeness (QED) is 0.698. The van der Waals surface area contributed by atoms with Gasteiger partial charge >= 0.3 is 0 Å². The molecule has 1 aromatic rings. The minimum absolute atomic E-state index is 0.671. The van der Waals surface area contributed by atoms with Gasteiger partial charge in [-0.3, -0.25) is 0 Å². The van der Waals surface area contributed by atoms with Crippen LogP contribution in [-0.4, -0.2) is 4.98 Å². The predicted octanol–water partition coefficient (Wildman–Crippen LogP) is 1.79. The SMILES string of the molecule is CCc1cnc(N)c(CC)c1. The molecular weight excluding hydrogens is 136 g/mol. The largest absolute Gasteiger partial charge is 0.383 e. The summed E-state index contributed by atoms with van der Waals surface area (Å²) in [7, 11) is 0.